The fourth-order valence-electron chi connectivity index (χ4n) is 5.61. The average molecular weight is 675 g/mol. The lowest BCUT2D eigenvalue weighted by atomic mass is 9.89. The van der Waals surface area contributed by atoms with Crippen molar-refractivity contribution < 1.29 is 10.2 Å². The first-order valence-corrected chi connectivity index (χ1v) is 17.9. The highest BCUT2D eigenvalue weighted by molar-refractivity contribution is 7.99. The third-order valence-corrected chi connectivity index (χ3v) is 10.4. The molecule has 0 amide bonds. The summed E-state index contributed by atoms with van der Waals surface area (Å²) in [5.74, 6) is 1.19. The van der Waals surface area contributed by atoms with Gasteiger partial charge in [-0.1, -0.05) is 60.3 Å². The quantitative estimate of drug-likeness (QED) is 0.133. The third-order valence-electron chi connectivity index (χ3n) is 8.45. The first-order chi connectivity index (χ1) is 22.7. The predicted octanol–water partition coefficient (Wildman–Crippen LogP) is 5.43. The molecule has 0 saturated heterocycles. The number of anilines is 2. The van der Waals surface area contributed by atoms with Crippen molar-refractivity contribution in [1.82, 2.24) is 19.9 Å². The molecular weight excluding hydrogens is 629 g/mol. The van der Waals surface area contributed by atoms with Gasteiger partial charge in [0.2, 0.25) is 11.9 Å². The molecule has 6 atom stereocenters. The molecule has 8 N–H and O–H groups in total. The van der Waals surface area contributed by atoms with Crippen LogP contribution in [0.15, 0.2) is 92.9 Å². The highest BCUT2D eigenvalue weighted by atomic mass is 32.2. The maximum absolute atomic E-state index is 9.63. The van der Waals surface area contributed by atoms with Gasteiger partial charge in [-0.05, 0) is 81.7 Å². The molecule has 4 aromatic rings. The van der Waals surface area contributed by atoms with Crippen LogP contribution in [0.1, 0.15) is 56.6 Å². The number of hydrogen-bond donors (Lipinski definition) is 6. The molecule has 2 saturated carbocycles. The van der Waals surface area contributed by atoms with E-state index in [2.05, 4.69) is 92.9 Å². The molecule has 250 valence electrons. The zero-order valence-electron chi connectivity index (χ0n) is 27.0. The normalized spacial score (nSPS) is 24.1. The van der Waals surface area contributed by atoms with Gasteiger partial charge in [-0.2, -0.15) is 0 Å². The SMILES string of the molecule is CCc1ccc(Sc2cnc(NC3CCC(O)CC3N)nc2)cc1.Cc1ccc(Sc2cnc(NC3CCC(O)CC3N)nc2)cc1. The minimum atomic E-state index is -0.281. The largest absolute Gasteiger partial charge is 0.393 e. The van der Waals surface area contributed by atoms with Gasteiger partial charge in [0.05, 0.1) is 12.2 Å². The van der Waals surface area contributed by atoms with E-state index in [1.165, 1.54) is 20.9 Å². The zero-order chi connectivity index (χ0) is 33.2. The van der Waals surface area contributed by atoms with Crippen molar-refractivity contribution in [3.63, 3.8) is 0 Å². The number of nitrogens with two attached hydrogens (primary N) is 2. The molecular formula is C35H46N8O2S2. The van der Waals surface area contributed by atoms with Crippen molar-refractivity contribution in [3.05, 3.63) is 84.4 Å². The van der Waals surface area contributed by atoms with Gasteiger partial charge in [0.25, 0.3) is 0 Å². The van der Waals surface area contributed by atoms with Crippen molar-refractivity contribution in [1.29, 1.82) is 0 Å². The van der Waals surface area contributed by atoms with Gasteiger partial charge in [0, 0.05) is 68.5 Å². The highest BCUT2D eigenvalue weighted by Crippen LogP contribution is 2.29. The molecule has 2 aliphatic rings. The Morgan fingerprint density at radius 2 is 1.04 bits per heavy atom. The van der Waals surface area contributed by atoms with E-state index >= 15 is 0 Å². The summed E-state index contributed by atoms with van der Waals surface area (Å²) in [7, 11) is 0. The number of aliphatic hydroxyl groups is 2. The van der Waals surface area contributed by atoms with Crippen LogP contribution in [0.5, 0.6) is 0 Å². The van der Waals surface area contributed by atoms with E-state index in [9.17, 15) is 10.2 Å². The van der Waals surface area contributed by atoms with Crippen molar-refractivity contribution in [3.8, 4) is 0 Å². The van der Waals surface area contributed by atoms with Gasteiger partial charge in [0.1, 0.15) is 0 Å². The van der Waals surface area contributed by atoms with Crippen LogP contribution < -0.4 is 22.1 Å². The van der Waals surface area contributed by atoms with Crippen LogP contribution in [0.4, 0.5) is 11.9 Å². The van der Waals surface area contributed by atoms with Crippen molar-refractivity contribution in [2.75, 3.05) is 10.6 Å². The smallest absolute Gasteiger partial charge is 0.222 e. The molecule has 12 heteroatoms. The highest BCUT2D eigenvalue weighted by Gasteiger charge is 2.28. The van der Waals surface area contributed by atoms with Crippen LogP contribution in [0, 0.1) is 6.92 Å². The summed E-state index contributed by atoms with van der Waals surface area (Å²) in [5, 5.41) is 25.8. The first kappa shape index (κ1) is 35.1. The summed E-state index contributed by atoms with van der Waals surface area (Å²) >= 11 is 3.29. The second-order valence-electron chi connectivity index (χ2n) is 12.3. The molecule has 0 bridgehead atoms. The van der Waals surface area contributed by atoms with Gasteiger partial charge in [-0.25, -0.2) is 19.9 Å². The van der Waals surface area contributed by atoms with E-state index in [1.807, 2.05) is 24.8 Å². The van der Waals surface area contributed by atoms with Crippen LogP contribution >= 0.6 is 23.5 Å². The number of benzene rings is 2. The predicted molar refractivity (Wildman–Crippen MR) is 190 cm³/mol. The molecule has 2 aliphatic carbocycles. The third kappa shape index (κ3) is 10.9. The maximum Gasteiger partial charge on any atom is 0.222 e. The summed E-state index contributed by atoms with van der Waals surface area (Å²) in [6.45, 7) is 4.23. The molecule has 47 heavy (non-hydrogen) atoms. The lowest BCUT2D eigenvalue weighted by molar-refractivity contribution is 0.115. The monoisotopic (exact) mass is 674 g/mol. The number of nitrogens with one attached hydrogen (secondary N) is 2. The molecule has 6 rings (SSSR count). The fraction of sp³-hybridized carbons (Fsp3) is 0.429. The van der Waals surface area contributed by atoms with Crippen molar-refractivity contribution >= 4 is 35.4 Å². The molecule has 0 spiro atoms. The van der Waals surface area contributed by atoms with Crippen LogP contribution in [0.3, 0.4) is 0 Å². The Bertz CT molecular complexity index is 1510. The van der Waals surface area contributed by atoms with E-state index in [0.717, 1.165) is 41.9 Å². The van der Waals surface area contributed by atoms with E-state index in [4.69, 9.17) is 11.5 Å². The van der Waals surface area contributed by atoms with Crippen molar-refractivity contribution in [2.45, 2.75) is 115 Å². The fourth-order valence-corrected chi connectivity index (χ4v) is 7.12. The van der Waals surface area contributed by atoms with E-state index < -0.39 is 0 Å². The zero-order valence-corrected chi connectivity index (χ0v) is 28.6. The minimum Gasteiger partial charge on any atom is -0.393 e. The second kappa shape index (κ2) is 17.2. The Hall–Kier alpha value is -3.26. The molecule has 2 heterocycles. The molecule has 0 aliphatic heterocycles. The molecule has 6 unspecified atom stereocenters. The Kier molecular flexibility index (Phi) is 12.9. The number of aryl methyl sites for hydroxylation is 2. The summed E-state index contributed by atoms with van der Waals surface area (Å²) in [4.78, 5) is 21.9. The summed E-state index contributed by atoms with van der Waals surface area (Å²) in [6.07, 6.45) is 12.3. The average Bonchev–Trinajstić information content (AvgIpc) is 3.07. The Morgan fingerprint density at radius 3 is 1.43 bits per heavy atom. The van der Waals surface area contributed by atoms with E-state index in [-0.39, 0.29) is 36.4 Å². The summed E-state index contributed by atoms with van der Waals surface area (Å²) < 4.78 is 0. The molecule has 2 aromatic heterocycles. The number of nitrogens with zero attached hydrogens (tertiary/aromatic N) is 4. The number of aliphatic hydroxyl groups excluding tert-OH is 2. The van der Waals surface area contributed by atoms with Gasteiger partial charge >= 0.3 is 0 Å². The van der Waals surface area contributed by atoms with Crippen LogP contribution in [0.25, 0.3) is 0 Å². The van der Waals surface area contributed by atoms with Gasteiger partial charge in [-0.3, -0.25) is 0 Å². The second-order valence-corrected chi connectivity index (χ2v) is 14.6. The Labute approximate surface area is 286 Å². The molecule has 0 radical (unpaired) electrons. The van der Waals surface area contributed by atoms with Gasteiger partial charge in [0.15, 0.2) is 0 Å². The van der Waals surface area contributed by atoms with Crippen LogP contribution in [-0.4, -0.2) is 66.5 Å². The number of hydrogen-bond acceptors (Lipinski definition) is 12. The van der Waals surface area contributed by atoms with Gasteiger partial charge in [-0.15, -0.1) is 0 Å². The standard InChI is InChI=1S/C18H24N4OS.C17H22N4OS/c1-2-12-3-6-14(7-4-12)24-15-10-20-18(21-11-15)22-17-8-5-13(23)9-16(17)19;1-11-2-5-13(6-3-11)23-14-9-19-17(20-10-14)21-16-7-4-12(22)8-15(16)18/h3-4,6-7,10-11,13,16-17,23H,2,5,8-9,19H2,1H3,(H,20,21,22);2-3,5-6,9-10,12,15-16,22H,4,7-8,18H2,1H3,(H,19,20,21). The Balaban J connectivity index is 0.000000185. The molecule has 2 aromatic carbocycles. The van der Waals surface area contributed by atoms with Crippen LogP contribution in [0.2, 0.25) is 0 Å². The number of rotatable bonds is 9. The van der Waals surface area contributed by atoms with E-state index in [0.29, 0.717) is 24.7 Å². The van der Waals surface area contributed by atoms with Gasteiger partial charge < -0.3 is 32.3 Å². The Morgan fingerprint density at radius 1 is 0.638 bits per heavy atom. The lowest BCUT2D eigenvalue weighted by Crippen LogP contribution is -2.46. The number of aromatic nitrogens is 4. The van der Waals surface area contributed by atoms with Crippen molar-refractivity contribution in [2.24, 2.45) is 11.5 Å². The minimum absolute atomic E-state index is 0.0658. The first-order valence-electron chi connectivity index (χ1n) is 16.3. The summed E-state index contributed by atoms with van der Waals surface area (Å²) in [5.41, 5.74) is 14.8. The summed E-state index contributed by atoms with van der Waals surface area (Å²) in [6, 6.07) is 17.0. The van der Waals surface area contributed by atoms with Crippen LogP contribution in [-0.2, 0) is 6.42 Å². The molecule has 10 nitrogen and oxygen atoms in total. The molecule has 2 fully saturated rings. The maximum atomic E-state index is 9.63. The topological polar surface area (TPSA) is 168 Å². The lowest BCUT2D eigenvalue weighted by Gasteiger charge is -2.32. The van der Waals surface area contributed by atoms with E-state index in [1.54, 1.807) is 23.5 Å².